The zero-order valence-electron chi connectivity index (χ0n) is 8.37. The molecule has 78 valence electrons. The van der Waals surface area contributed by atoms with Crippen LogP contribution < -0.4 is 10.9 Å². The Morgan fingerprint density at radius 3 is 2.93 bits per heavy atom. The number of rotatable bonds is 4. The molecule has 0 aliphatic rings. The normalized spacial score (nSPS) is 12.5. The summed E-state index contributed by atoms with van der Waals surface area (Å²) in [6.07, 6.45) is 0.782. The first-order chi connectivity index (χ1) is 6.65. The molecule has 14 heavy (non-hydrogen) atoms. The van der Waals surface area contributed by atoms with Crippen LogP contribution in [0.25, 0.3) is 0 Å². The van der Waals surface area contributed by atoms with Crippen molar-refractivity contribution in [2.45, 2.75) is 26.3 Å². The Labute approximate surface area is 82.2 Å². The Kier molecular flexibility index (Phi) is 3.64. The van der Waals surface area contributed by atoms with E-state index in [4.69, 9.17) is 5.11 Å². The van der Waals surface area contributed by atoms with Crippen LogP contribution in [0.3, 0.4) is 0 Å². The van der Waals surface area contributed by atoms with Crippen LogP contribution in [0.1, 0.15) is 19.2 Å². The molecule has 5 heteroatoms. The summed E-state index contributed by atoms with van der Waals surface area (Å²) in [4.78, 5) is 17.7. The maximum absolute atomic E-state index is 11.1. The second-order valence-electron chi connectivity index (χ2n) is 3.15. The van der Waals surface area contributed by atoms with Gasteiger partial charge in [-0.05, 0) is 13.3 Å². The van der Waals surface area contributed by atoms with Crippen LogP contribution in [-0.4, -0.2) is 27.7 Å². The van der Waals surface area contributed by atoms with Gasteiger partial charge in [0.1, 0.15) is 11.6 Å². The molecule has 1 unspecified atom stereocenters. The van der Waals surface area contributed by atoms with Gasteiger partial charge in [0.05, 0.1) is 12.6 Å². The molecule has 1 aromatic rings. The molecule has 0 fully saturated rings. The van der Waals surface area contributed by atoms with E-state index in [0.29, 0.717) is 11.6 Å². The second-order valence-corrected chi connectivity index (χ2v) is 3.15. The van der Waals surface area contributed by atoms with Gasteiger partial charge in [0.15, 0.2) is 0 Å². The molecule has 0 amide bonds. The van der Waals surface area contributed by atoms with E-state index < -0.39 is 0 Å². The average Bonchev–Trinajstić information content (AvgIpc) is 2.12. The minimum Gasteiger partial charge on any atom is -0.394 e. The molecule has 1 rings (SSSR count). The molecule has 0 saturated carbocycles. The molecule has 0 saturated heterocycles. The lowest BCUT2D eigenvalue weighted by atomic mass is 10.2. The highest BCUT2D eigenvalue weighted by atomic mass is 16.3. The fourth-order valence-electron chi connectivity index (χ4n) is 1.14. The molecular weight excluding hydrogens is 182 g/mol. The number of aryl methyl sites for hydroxylation is 1. The van der Waals surface area contributed by atoms with Gasteiger partial charge < -0.3 is 15.4 Å². The Balaban J connectivity index is 2.80. The minimum absolute atomic E-state index is 0.0318. The first-order valence-electron chi connectivity index (χ1n) is 4.61. The van der Waals surface area contributed by atoms with E-state index in [1.165, 1.54) is 6.07 Å². The molecule has 0 spiro atoms. The number of aliphatic hydroxyl groups is 1. The van der Waals surface area contributed by atoms with E-state index in [1.54, 1.807) is 6.92 Å². The van der Waals surface area contributed by atoms with Gasteiger partial charge in [-0.15, -0.1) is 0 Å². The van der Waals surface area contributed by atoms with Crippen LogP contribution in [0.2, 0.25) is 0 Å². The molecular formula is C9H15N3O2. The topological polar surface area (TPSA) is 78.0 Å². The van der Waals surface area contributed by atoms with Crippen LogP contribution in [0.4, 0.5) is 5.82 Å². The van der Waals surface area contributed by atoms with Gasteiger partial charge in [0.2, 0.25) is 0 Å². The zero-order valence-corrected chi connectivity index (χ0v) is 8.37. The Morgan fingerprint density at radius 1 is 1.71 bits per heavy atom. The smallest absolute Gasteiger partial charge is 0.252 e. The van der Waals surface area contributed by atoms with Crippen molar-refractivity contribution in [2.24, 2.45) is 0 Å². The first kappa shape index (κ1) is 10.7. The van der Waals surface area contributed by atoms with E-state index in [0.717, 1.165) is 6.42 Å². The quantitative estimate of drug-likeness (QED) is 0.647. The molecule has 0 aliphatic carbocycles. The van der Waals surface area contributed by atoms with Crippen LogP contribution in [0.15, 0.2) is 10.9 Å². The van der Waals surface area contributed by atoms with Crippen molar-refractivity contribution in [3.8, 4) is 0 Å². The van der Waals surface area contributed by atoms with Gasteiger partial charge in [-0.3, -0.25) is 4.79 Å². The van der Waals surface area contributed by atoms with Gasteiger partial charge in [-0.2, -0.15) is 0 Å². The molecule has 3 N–H and O–H groups in total. The number of anilines is 1. The second kappa shape index (κ2) is 4.76. The van der Waals surface area contributed by atoms with Crippen molar-refractivity contribution in [1.29, 1.82) is 0 Å². The summed E-state index contributed by atoms with van der Waals surface area (Å²) in [5.41, 5.74) is -0.187. The zero-order chi connectivity index (χ0) is 10.6. The van der Waals surface area contributed by atoms with Crippen LogP contribution >= 0.6 is 0 Å². The molecule has 0 aromatic carbocycles. The molecule has 1 aromatic heterocycles. The predicted molar refractivity (Wildman–Crippen MR) is 54.4 cm³/mol. The maximum Gasteiger partial charge on any atom is 0.252 e. The molecule has 0 bridgehead atoms. The van der Waals surface area contributed by atoms with E-state index in [2.05, 4.69) is 15.3 Å². The molecule has 1 heterocycles. The molecule has 0 radical (unpaired) electrons. The van der Waals surface area contributed by atoms with Crippen molar-refractivity contribution in [3.05, 3.63) is 22.2 Å². The van der Waals surface area contributed by atoms with Gasteiger partial charge in [0.25, 0.3) is 5.56 Å². The number of nitrogens with zero attached hydrogens (tertiary/aromatic N) is 1. The minimum atomic E-state index is -0.187. The van der Waals surface area contributed by atoms with Gasteiger partial charge in [-0.25, -0.2) is 4.98 Å². The summed E-state index contributed by atoms with van der Waals surface area (Å²) >= 11 is 0. The van der Waals surface area contributed by atoms with E-state index in [9.17, 15) is 4.79 Å². The summed E-state index contributed by atoms with van der Waals surface area (Å²) in [6.45, 7) is 3.70. The summed E-state index contributed by atoms with van der Waals surface area (Å²) < 4.78 is 0. The highest BCUT2D eigenvalue weighted by molar-refractivity contribution is 5.34. The third kappa shape index (κ3) is 2.85. The third-order valence-corrected chi connectivity index (χ3v) is 1.93. The van der Waals surface area contributed by atoms with Gasteiger partial charge in [0, 0.05) is 6.07 Å². The van der Waals surface area contributed by atoms with E-state index >= 15 is 0 Å². The third-order valence-electron chi connectivity index (χ3n) is 1.93. The van der Waals surface area contributed by atoms with Gasteiger partial charge in [-0.1, -0.05) is 6.92 Å². The highest BCUT2D eigenvalue weighted by Gasteiger charge is 2.05. The van der Waals surface area contributed by atoms with Crippen molar-refractivity contribution in [2.75, 3.05) is 11.9 Å². The number of H-pyrrole nitrogens is 1. The predicted octanol–water partition coefficient (Wildman–Crippen LogP) is 0.261. The van der Waals surface area contributed by atoms with Crippen molar-refractivity contribution >= 4 is 5.82 Å². The summed E-state index contributed by atoms with van der Waals surface area (Å²) in [5.74, 6) is 1.07. The van der Waals surface area contributed by atoms with Crippen LogP contribution in [0, 0.1) is 6.92 Å². The number of hydrogen-bond donors (Lipinski definition) is 3. The Hall–Kier alpha value is -1.36. The molecule has 5 nitrogen and oxygen atoms in total. The standard InChI is InChI=1S/C9H15N3O2/c1-3-7(5-13)12-8-4-9(14)11-6(2)10-8/h4,7,13H,3,5H2,1-2H3,(H2,10,11,12,14). The van der Waals surface area contributed by atoms with E-state index in [-0.39, 0.29) is 18.2 Å². The number of aromatic amines is 1. The largest absolute Gasteiger partial charge is 0.394 e. The lowest BCUT2D eigenvalue weighted by molar-refractivity contribution is 0.271. The van der Waals surface area contributed by atoms with Crippen molar-refractivity contribution in [3.63, 3.8) is 0 Å². The fourth-order valence-corrected chi connectivity index (χ4v) is 1.14. The lowest BCUT2D eigenvalue weighted by Crippen LogP contribution is -2.24. The summed E-state index contributed by atoms with van der Waals surface area (Å²) in [5, 5.41) is 11.9. The SMILES string of the molecule is CCC(CO)Nc1cc(=O)[nH]c(C)n1. The maximum atomic E-state index is 11.1. The summed E-state index contributed by atoms with van der Waals surface area (Å²) in [6, 6.07) is 1.33. The lowest BCUT2D eigenvalue weighted by Gasteiger charge is -2.14. The molecule has 0 aliphatic heterocycles. The first-order valence-corrected chi connectivity index (χ1v) is 4.61. The Bertz CT molecular complexity index is 344. The average molecular weight is 197 g/mol. The van der Waals surface area contributed by atoms with Gasteiger partial charge >= 0.3 is 0 Å². The number of aliphatic hydroxyl groups excluding tert-OH is 1. The number of aromatic nitrogens is 2. The van der Waals surface area contributed by atoms with Crippen molar-refractivity contribution < 1.29 is 5.11 Å². The number of nitrogens with one attached hydrogen (secondary N) is 2. The van der Waals surface area contributed by atoms with Crippen molar-refractivity contribution in [1.82, 2.24) is 9.97 Å². The van der Waals surface area contributed by atoms with E-state index in [1.807, 2.05) is 6.92 Å². The summed E-state index contributed by atoms with van der Waals surface area (Å²) in [7, 11) is 0. The monoisotopic (exact) mass is 197 g/mol. The van der Waals surface area contributed by atoms with Crippen LogP contribution in [0.5, 0.6) is 0 Å². The highest BCUT2D eigenvalue weighted by Crippen LogP contribution is 2.02. The number of hydrogen-bond acceptors (Lipinski definition) is 4. The molecule has 1 atom stereocenters. The Morgan fingerprint density at radius 2 is 2.43 bits per heavy atom. The fraction of sp³-hybridized carbons (Fsp3) is 0.556. The van der Waals surface area contributed by atoms with Crippen LogP contribution in [-0.2, 0) is 0 Å².